The van der Waals surface area contributed by atoms with Crippen LogP contribution < -0.4 is 10.1 Å². The van der Waals surface area contributed by atoms with Crippen molar-refractivity contribution in [3.05, 3.63) is 53.7 Å². The molecule has 1 aromatic carbocycles. The second kappa shape index (κ2) is 6.62. The van der Waals surface area contributed by atoms with Crippen molar-refractivity contribution in [3.63, 3.8) is 0 Å². The summed E-state index contributed by atoms with van der Waals surface area (Å²) in [6, 6.07) is 11.4. The second-order valence-electron chi connectivity index (χ2n) is 4.98. The Bertz CT molecular complexity index is 797. The van der Waals surface area contributed by atoms with Gasteiger partial charge in [-0.2, -0.15) is 0 Å². The molecule has 3 rings (SSSR count). The highest BCUT2D eigenvalue weighted by atomic mass is 32.1. The topological polar surface area (TPSA) is 69.0 Å². The zero-order valence-corrected chi connectivity index (χ0v) is 13.6. The lowest BCUT2D eigenvalue weighted by Crippen LogP contribution is -2.30. The van der Waals surface area contributed by atoms with Crippen molar-refractivity contribution >= 4 is 22.4 Å². The number of nitrogens with zero attached hydrogens (tertiary/aromatic N) is 3. The Morgan fingerprint density at radius 2 is 2.09 bits per heavy atom. The van der Waals surface area contributed by atoms with E-state index in [1.807, 2.05) is 42.6 Å². The highest BCUT2D eigenvalue weighted by molar-refractivity contribution is 7.13. The van der Waals surface area contributed by atoms with Crippen molar-refractivity contribution < 1.29 is 9.53 Å². The van der Waals surface area contributed by atoms with E-state index in [4.69, 9.17) is 4.74 Å². The van der Waals surface area contributed by atoms with Gasteiger partial charge >= 0.3 is 0 Å². The van der Waals surface area contributed by atoms with Crippen molar-refractivity contribution in [2.45, 2.75) is 20.0 Å². The lowest BCUT2D eigenvalue weighted by atomic mass is 10.3. The van der Waals surface area contributed by atoms with Crippen molar-refractivity contribution in [1.29, 1.82) is 0 Å². The molecule has 0 fully saturated rings. The first kappa shape index (κ1) is 15.2. The number of aryl methyl sites for hydroxylation is 1. The van der Waals surface area contributed by atoms with Crippen LogP contribution in [0.5, 0.6) is 5.88 Å². The van der Waals surface area contributed by atoms with Gasteiger partial charge in [-0.15, -0.1) is 16.4 Å². The van der Waals surface area contributed by atoms with E-state index in [1.54, 1.807) is 23.9 Å². The molecule has 1 N–H and O–H groups in total. The first-order chi connectivity index (χ1) is 11.1. The highest BCUT2D eigenvalue weighted by Crippen LogP contribution is 2.16. The molecule has 0 aliphatic carbocycles. The number of thiazole rings is 1. The molecule has 0 unspecified atom stereocenters. The second-order valence-corrected chi connectivity index (χ2v) is 5.84. The first-order valence-electron chi connectivity index (χ1n) is 7.12. The maximum Gasteiger partial charge on any atom is 0.266 e. The van der Waals surface area contributed by atoms with E-state index in [2.05, 4.69) is 15.4 Å². The van der Waals surface area contributed by atoms with Crippen molar-refractivity contribution in [2.24, 2.45) is 0 Å². The van der Waals surface area contributed by atoms with Gasteiger partial charge in [0.25, 0.3) is 5.91 Å². The number of hydrogen-bond donors (Lipinski definition) is 1. The molecular formula is C16H16N4O2S. The van der Waals surface area contributed by atoms with Crippen LogP contribution in [0.4, 0.5) is 5.13 Å². The third-order valence-electron chi connectivity index (χ3n) is 3.10. The van der Waals surface area contributed by atoms with Gasteiger partial charge in [-0.3, -0.25) is 10.1 Å². The third kappa shape index (κ3) is 3.75. The Hall–Kier alpha value is -2.67. The van der Waals surface area contributed by atoms with Gasteiger partial charge in [0, 0.05) is 17.6 Å². The summed E-state index contributed by atoms with van der Waals surface area (Å²) >= 11 is 1.38. The summed E-state index contributed by atoms with van der Waals surface area (Å²) in [5.41, 5.74) is 1.80. The van der Waals surface area contributed by atoms with Crippen LogP contribution >= 0.6 is 11.3 Å². The van der Waals surface area contributed by atoms with E-state index >= 15 is 0 Å². The largest absolute Gasteiger partial charge is 0.463 e. The van der Waals surface area contributed by atoms with Crippen LogP contribution in [0.25, 0.3) is 5.69 Å². The summed E-state index contributed by atoms with van der Waals surface area (Å²) in [7, 11) is 0. The lowest BCUT2D eigenvalue weighted by Gasteiger charge is -2.11. The van der Waals surface area contributed by atoms with Crippen LogP contribution in [0.1, 0.15) is 12.6 Å². The summed E-state index contributed by atoms with van der Waals surface area (Å²) in [4.78, 5) is 16.3. The Balaban J connectivity index is 1.62. The quantitative estimate of drug-likeness (QED) is 0.781. The number of carbonyl (C=O) groups excluding carboxylic acids is 1. The zero-order chi connectivity index (χ0) is 16.2. The number of carbonyl (C=O) groups is 1. The first-order valence-corrected chi connectivity index (χ1v) is 8.00. The van der Waals surface area contributed by atoms with E-state index in [1.165, 1.54) is 11.3 Å². The number of hydrogen-bond acceptors (Lipinski definition) is 5. The van der Waals surface area contributed by atoms with Crippen molar-refractivity contribution in [1.82, 2.24) is 14.8 Å². The molecule has 7 heteroatoms. The number of para-hydroxylation sites is 1. The number of amides is 1. The number of nitrogens with one attached hydrogen (secondary N) is 1. The molecule has 3 aromatic rings. The molecule has 6 nitrogen and oxygen atoms in total. The summed E-state index contributed by atoms with van der Waals surface area (Å²) in [5.74, 6) is 0.139. The Morgan fingerprint density at radius 3 is 2.78 bits per heavy atom. The number of benzene rings is 1. The van der Waals surface area contributed by atoms with Gasteiger partial charge in [0.05, 0.1) is 11.4 Å². The average molecular weight is 328 g/mol. The molecule has 2 aromatic heterocycles. The summed E-state index contributed by atoms with van der Waals surface area (Å²) in [5, 5.41) is 9.49. The molecule has 2 heterocycles. The molecule has 118 valence electrons. The SMILES string of the molecule is Cc1csc(NC(=O)[C@H](C)Oc2ccn(-c3ccccc3)n2)n1. The van der Waals surface area contributed by atoms with Crippen molar-refractivity contribution in [3.8, 4) is 11.6 Å². The molecular weight excluding hydrogens is 312 g/mol. The molecule has 0 spiro atoms. The van der Waals surface area contributed by atoms with Gasteiger partial charge in [0.1, 0.15) is 0 Å². The Morgan fingerprint density at radius 1 is 1.30 bits per heavy atom. The monoisotopic (exact) mass is 328 g/mol. The molecule has 0 aliphatic rings. The van der Waals surface area contributed by atoms with Crippen LogP contribution in [0.2, 0.25) is 0 Å². The van der Waals surface area contributed by atoms with Gasteiger partial charge < -0.3 is 4.74 Å². The maximum absolute atomic E-state index is 12.1. The molecule has 0 bridgehead atoms. The Kier molecular flexibility index (Phi) is 4.38. The molecule has 1 amide bonds. The standard InChI is InChI=1S/C16H16N4O2S/c1-11-10-23-16(17-11)18-15(21)12(2)22-14-8-9-20(19-14)13-6-4-3-5-7-13/h3-10,12H,1-2H3,(H,17,18,21)/t12-/m0/s1. The van der Waals surface area contributed by atoms with Gasteiger partial charge in [0.2, 0.25) is 5.88 Å². The smallest absolute Gasteiger partial charge is 0.266 e. The van der Waals surface area contributed by atoms with E-state index in [0.29, 0.717) is 11.0 Å². The molecule has 0 aliphatic heterocycles. The van der Waals surface area contributed by atoms with Crippen LogP contribution in [0, 0.1) is 6.92 Å². The lowest BCUT2D eigenvalue weighted by molar-refractivity contribution is -0.122. The minimum Gasteiger partial charge on any atom is -0.463 e. The van der Waals surface area contributed by atoms with Crippen molar-refractivity contribution in [2.75, 3.05) is 5.32 Å². The molecule has 1 atom stereocenters. The van der Waals surface area contributed by atoms with E-state index in [-0.39, 0.29) is 5.91 Å². The van der Waals surface area contributed by atoms with Gasteiger partial charge in [0.15, 0.2) is 11.2 Å². The number of rotatable bonds is 5. The van der Waals surface area contributed by atoms with Gasteiger partial charge in [-0.05, 0) is 26.0 Å². The van der Waals surface area contributed by atoms with Gasteiger partial charge in [-0.25, -0.2) is 9.67 Å². The zero-order valence-electron chi connectivity index (χ0n) is 12.8. The van der Waals surface area contributed by atoms with E-state index < -0.39 is 6.10 Å². The predicted octanol–water partition coefficient (Wildman–Crippen LogP) is 3.04. The Labute approximate surface area is 137 Å². The molecule has 0 radical (unpaired) electrons. The predicted molar refractivity (Wildman–Crippen MR) is 89.1 cm³/mol. The van der Waals surface area contributed by atoms with Crippen LogP contribution in [0.3, 0.4) is 0 Å². The fourth-order valence-electron chi connectivity index (χ4n) is 1.95. The number of ether oxygens (including phenoxy) is 1. The number of aromatic nitrogens is 3. The molecule has 23 heavy (non-hydrogen) atoms. The third-order valence-corrected chi connectivity index (χ3v) is 3.98. The van der Waals surface area contributed by atoms with Crippen LogP contribution in [-0.4, -0.2) is 26.8 Å². The normalized spacial score (nSPS) is 11.9. The average Bonchev–Trinajstić information content (AvgIpc) is 3.17. The highest BCUT2D eigenvalue weighted by Gasteiger charge is 2.17. The number of anilines is 1. The van der Waals surface area contributed by atoms with Crippen LogP contribution in [0.15, 0.2) is 48.0 Å². The fraction of sp³-hybridized carbons (Fsp3) is 0.188. The molecule has 0 saturated carbocycles. The maximum atomic E-state index is 12.1. The summed E-state index contributed by atoms with van der Waals surface area (Å²) < 4.78 is 7.29. The minimum absolute atomic E-state index is 0.256. The van der Waals surface area contributed by atoms with Gasteiger partial charge in [-0.1, -0.05) is 18.2 Å². The fourth-order valence-corrected chi connectivity index (χ4v) is 2.64. The summed E-state index contributed by atoms with van der Waals surface area (Å²) in [6.45, 7) is 3.56. The van der Waals surface area contributed by atoms with E-state index in [0.717, 1.165) is 11.4 Å². The minimum atomic E-state index is -0.668. The summed E-state index contributed by atoms with van der Waals surface area (Å²) in [6.07, 6.45) is 1.12. The van der Waals surface area contributed by atoms with E-state index in [9.17, 15) is 4.79 Å². The van der Waals surface area contributed by atoms with Crippen LogP contribution in [-0.2, 0) is 4.79 Å². The molecule has 0 saturated heterocycles.